The van der Waals surface area contributed by atoms with E-state index in [1.54, 1.807) is 7.11 Å². The third-order valence-electron chi connectivity index (χ3n) is 2.47. The molecule has 0 amide bonds. The Bertz CT molecular complexity index is 159. The van der Waals surface area contributed by atoms with Crippen LogP contribution in [0, 0.1) is 5.92 Å². The summed E-state index contributed by atoms with van der Waals surface area (Å²) in [5.41, 5.74) is 0. The minimum absolute atomic E-state index is 0.375. The molecule has 0 unspecified atom stereocenters. The molecule has 0 spiro atoms. The smallest absolute Gasteiger partial charge is 0.146 e. The van der Waals surface area contributed by atoms with Gasteiger partial charge in [0.2, 0.25) is 0 Å². The van der Waals surface area contributed by atoms with Gasteiger partial charge in [0.15, 0.2) is 0 Å². The van der Waals surface area contributed by atoms with E-state index in [9.17, 15) is 0 Å². The van der Waals surface area contributed by atoms with Gasteiger partial charge in [0.1, 0.15) is 6.79 Å². The Labute approximate surface area is 93.8 Å². The SMILES string of the molecule is COCO[C@H]1CCCC[C@H]1/C=C\I. The van der Waals surface area contributed by atoms with Gasteiger partial charge < -0.3 is 9.47 Å². The van der Waals surface area contributed by atoms with Crippen molar-refractivity contribution < 1.29 is 9.47 Å². The van der Waals surface area contributed by atoms with E-state index in [-0.39, 0.29) is 0 Å². The first-order chi connectivity index (χ1) is 6.38. The van der Waals surface area contributed by atoms with Crippen LogP contribution in [0.25, 0.3) is 0 Å². The Balaban J connectivity index is 2.36. The summed E-state index contributed by atoms with van der Waals surface area (Å²) < 4.78 is 12.6. The van der Waals surface area contributed by atoms with Crippen LogP contribution in [0.2, 0.25) is 0 Å². The van der Waals surface area contributed by atoms with E-state index >= 15 is 0 Å². The highest BCUT2D eigenvalue weighted by atomic mass is 127. The fourth-order valence-electron chi connectivity index (χ4n) is 1.80. The van der Waals surface area contributed by atoms with Gasteiger partial charge in [0.25, 0.3) is 0 Å². The highest BCUT2D eigenvalue weighted by Gasteiger charge is 2.23. The van der Waals surface area contributed by atoms with Crippen molar-refractivity contribution in [3.63, 3.8) is 0 Å². The van der Waals surface area contributed by atoms with E-state index in [1.165, 1.54) is 25.7 Å². The molecule has 2 atom stereocenters. The van der Waals surface area contributed by atoms with Crippen LogP contribution >= 0.6 is 22.6 Å². The third kappa shape index (κ3) is 3.95. The average molecular weight is 296 g/mol. The van der Waals surface area contributed by atoms with Crippen LogP contribution in [0.3, 0.4) is 0 Å². The van der Waals surface area contributed by atoms with Crippen molar-refractivity contribution in [2.24, 2.45) is 5.92 Å². The second-order valence-electron chi connectivity index (χ2n) is 3.38. The lowest BCUT2D eigenvalue weighted by Gasteiger charge is -2.28. The van der Waals surface area contributed by atoms with Gasteiger partial charge in [0, 0.05) is 13.0 Å². The number of hydrogen-bond acceptors (Lipinski definition) is 2. The number of halogens is 1. The van der Waals surface area contributed by atoms with Gasteiger partial charge >= 0.3 is 0 Å². The maximum absolute atomic E-state index is 5.62. The van der Waals surface area contributed by atoms with Crippen LogP contribution in [0.5, 0.6) is 0 Å². The number of rotatable bonds is 4. The molecule has 0 aromatic heterocycles. The fourth-order valence-corrected chi connectivity index (χ4v) is 2.33. The number of methoxy groups -OCH3 is 1. The van der Waals surface area contributed by atoms with E-state index in [0.29, 0.717) is 18.8 Å². The highest BCUT2D eigenvalue weighted by Crippen LogP contribution is 2.28. The van der Waals surface area contributed by atoms with Gasteiger partial charge in [-0.3, -0.25) is 0 Å². The van der Waals surface area contributed by atoms with Crippen LogP contribution in [-0.2, 0) is 9.47 Å². The molecular formula is C10H17IO2. The highest BCUT2D eigenvalue weighted by molar-refractivity contribution is 14.1. The molecule has 0 aromatic rings. The molecule has 1 rings (SSSR count). The molecule has 2 nitrogen and oxygen atoms in total. The number of ether oxygens (including phenoxy) is 2. The van der Waals surface area contributed by atoms with Gasteiger partial charge in [-0.05, 0) is 16.9 Å². The lowest BCUT2D eigenvalue weighted by molar-refractivity contribution is -0.0945. The van der Waals surface area contributed by atoms with Crippen molar-refractivity contribution in [2.75, 3.05) is 13.9 Å². The molecular weight excluding hydrogens is 279 g/mol. The summed E-state index contributed by atoms with van der Waals surface area (Å²) in [7, 11) is 1.67. The number of hydrogen-bond donors (Lipinski definition) is 0. The Morgan fingerprint density at radius 1 is 1.38 bits per heavy atom. The van der Waals surface area contributed by atoms with Gasteiger partial charge in [-0.1, -0.05) is 41.5 Å². The fraction of sp³-hybridized carbons (Fsp3) is 0.800. The van der Waals surface area contributed by atoms with Gasteiger partial charge in [-0.25, -0.2) is 0 Å². The normalized spacial score (nSPS) is 29.7. The van der Waals surface area contributed by atoms with E-state index in [4.69, 9.17) is 9.47 Å². The van der Waals surface area contributed by atoms with Crippen LogP contribution in [-0.4, -0.2) is 20.0 Å². The molecule has 1 saturated carbocycles. The zero-order valence-electron chi connectivity index (χ0n) is 8.04. The van der Waals surface area contributed by atoms with Crippen molar-refractivity contribution in [3.05, 3.63) is 10.2 Å². The third-order valence-corrected chi connectivity index (χ3v) is 2.89. The molecule has 13 heavy (non-hydrogen) atoms. The Hall–Kier alpha value is 0.390. The summed E-state index contributed by atoms with van der Waals surface area (Å²) in [6.07, 6.45) is 7.68. The van der Waals surface area contributed by atoms with Gasteiger partial charge in [-0.15, -0.1) is 0 Å². The van der Waals surface area contributed by atoms with E-state index in [1.807, 2.05) is 0 Å². The second kappa shape index (κ2) is 6.79. The summed E-state index contributed by atoms with van der Waals surface area (Å²) in [4.78, 5) is 0. The molecule has 0 aliphatic heterocycles. The van der Waals surface area contributed by atoms with Crippen molar-refractivity contribution in [1.82, 2.24) is 0 Å². The van der Waals surface area contributed by atoms with Crippen molar-refractivity contribution in [2.45, 2.75) is 31.8 Å². The van der Waals surface area contributed by atoms with Gasteiger partial charge in [-0.2, -0.15) is 0 Å². The molecule has 1 aliphatic rings. The zero-order chi connectivity index (χ0) is 9.52. The van der Waals surface area contributed by atoms with Gasteiger partial charge in [0.05, 0.1) is 6.10 Å². The second-order valence-corrected chi connectivity index (χ2v) is 4.10. The molecule has 0 heterocycles. The lowest BCUT2D eigenvalue weighted by Crippen LogP contribution is -2.27. The standard InChI is InChI=1S/C10H17IO2/c1-12-8-13-10-5-3-2-4-9(10)6-7-11/h6-7,9-10H,2-5,8H2,1H3/b7-6-/t9-,10-/m0/s1. The maximum Gasteiger partial charge on any atom is 0.146 e. The molecule has 0 N–H and O–H groups in total. The summed E-state index contributed by atoms with van der Waals surface area (Å²) in [6, 6.07) is 0. The van der Waals surface area contributed by atoms with E-state index in [2.05, 4.69) is 32.7 Å². The van der Waals surface area contributed by atoms with E-state index in [0.717, 1.165) is 0 Å². The molecule has 76 valence electrons. The Morgan fingerprint density at radius 2 is 2.15 bits per heavy atom. The topological polar surface area (TPSA) is 18.5 Å². The molecule has 1 aliphatic carbocycles. The minimum atomic E-state index is 0.375. The average Bonchev–Trinajstić information content (AvgIpc) is 2.17. The van der Waals surface area contributed by atoms with Crippen LogP contribution in [0.15, 0.2) is 10.2 Å². The first-order valence-electron chi connectivity index (χ1n) is 4.76. The largest absolute Gasteiger partial charge is 0.359 e. The van der Waals surface area contributed by atoms with Crippen molar-refractivity contribution >= 4 is 22.6 Å². The van der Waals surface area contributed by atoms with Crippen LogP contribution in [0.1, 0.15) is 25.7 Å². The van der Waals surface area contributed by atoms with Crippen LogP contribution < -0.4 is 0 Å². The summed E-state index contributed by atoms with van der Waals surface area (Å²) >= 11 is 2.27. The Morgan fingerprint density at radius 3 is 2.85 bits per heavy atom. The Kier molecular flexibility index (Phi) is 5.98. The first-order valence-corrected chi connectivity index (χ1v) is 6.00. The quantitative estimate of drug-likeness (QED) is 0.586. The molecule has 3 heteroatoms. The predicted octanol–water partition coefficient (Wildman–Crippen LogP) is 3.11. The van der Waals surface area contributed by atoms with E-state index < -0.39 is 0 Å². The van der Waals surface area contributed by atoms with Crippen LogP contribution in [0.4, 0.5) is 0 Å². The summed E-state index contributed by atoms with van der Waals surface area (Å²) in [5.74, 6) is 0.598. The molecule has 0 radical (unpaired) electrons. The minimum Gasteiger partial charge on any atom is -0.359 e. The molecule has 1 fully saturated rings. The molecule has 0 aromatic carbocycles. The summed E-state index contributed by atoms with van der Waals surface area (Å²) in [6.45, 7) is 0.427. The predicted molar refractivity (Wildman–Crippen MR) is 61.9 cm³/mol. The van der Waals surface area contributed by atoms with Crippen molar-refractivity contribution in [3.8, 4) is 0 Å². The lowest BCUT2D eigenvalue weighted by atomic mass is 9.86. The first kappa shape index (κ1) is 11.5. The maximum atomic E-state index is 5.62. The zero-order valence-corrected chi connectivity index (χ0v) is 10.2. The van der Waals surface area contributed by atoms with Crippen molar-refractivity contribution in [1.29, 1.82) is 0 Å². The monoisotopic (exact) mass is 296 g/mol. The molecule has 0 saturated heterocycles. The molecule has 0 bridgehead atoms. The summed E-state index contributed by atoms with van der Waals surface area (Å²) in [5, 5.41) is 0.